The first-order chi connectivity index (χ1) is 6.81. The fourth-order valence-corrected chi connectivity index (χ4v) is 1.32. The minimum Gasteiger partial charge on any atom is -0.493 e. The summed E-state index contributed by atoms with van der Waals surface area (Å²) in [5.41, 5.74) is 1.16. The third-order valence-corrected chi connectivity index (χ3v) is 2.15. The molecule has 0 aliphatic rings. The number of ether oxygens (including phenoxy) is 2. The van der Waals surface area contributed by atoms with E-state index in [0.717, 1.165) is 30.0 Å². The second-order valence-corrected chi connectivity index (χ2v) is 3.09. The molecule has 0 spiro atoms. The fourth-order valence-electron chi connectivity index (χ4n) is 1.23. The van der Waals surface area contributed by atoms with Crippen LogP contribution in [0.25, 0.3) is 0 Å². The summed E-state index contributed by atoms with van der Waals surface area (Å²) in [6.07, 6.45) is 0.865. The average Bonchev–Trinajstić information content (AvgIpc) is 2.25. The summed E-state index contributed by atoms with van der Waals surface area (Å²) in [6, 6.07) is 5.84. The molecule has 3 N–H and O–H groups in total. The summed E-state index contributed by atoms with van der Waals surface area (Å²) in [5.74, 6) is 1.50. The molecule has 0 fully saturated rings. The minimum atomic E-state index is 0. The fraction of sp³-hybridized carbons (Fsp3) is 0.400. The van der Waals surface area contributed by atoms with Crippen molar-refractivity contribution in [3.63, 3.8) is 0 Å². The van der Waals surface area contributed by atoms with Gasteiger partial charge in [-0.15, -0.1) is 0 Å². The Morgan fingerprint density at radius 2 is 1.87 bits per heavy atom. The van der Waals surface area contributed by atoms with E-state index in [2.05, 4.69) is 4.84 Å². The summed E-state index contributed by atoms with van der Waals surface area (Å²) in [4.78, 5) is 2.58. The molecule has 0 saturated heterocycles. The van der Waals surface area contributed by atoms with Gasteiger partial charge in [0.2, 0.25) is 0 Å². The normalized spacial score (nSPS) is 9.27. The number of nitrogens with one attached hydrogen (secondary N) is 1. The van der Waals surface area contributed by atoms with Crippen LogP contribution in [0, 0.1) is 0 Å². The first-order valence-electron chi connectivity index (χ1n) is 4.36. The molecule has 0 aromatic heterocycles. The van der Waals surface area contributed by atoms with E-state index in [0.29, 0.717) is 0 Å². The molecule has 0 unspecified atom stereocenters. The first kappa shape index (κ1) is 14.0. The molecule has 15 heavy (non-hydrogen) atoms. The van der Waals surface area contributed by atoms with Crippen LogP contribution in [0.2, 0.25) is 0 Å². The van der Waals surface area contributed by atoms with Crippen molar-refractivity contribution in [1.82, 2.24) is 4.84 Å². The van der Waals surface area contributed by atoms with Crippen molar-refractivity contribution in [3.8, 4) is 11.5 Å². The summed E-state index contributed by atoms with van der Waals surface area (Å²) >= 11 is 5.38. The van der Waals surface area contributed by atoms with Crippen LogP contribution in [-0.4, -0.2) is 26.2 Å². The van der Waals surface area contributed by atoms with Gasteiger partial charge in [-0.2, -0.15) is 0 Å². The Kier molecular flexibility index (Phi) is 6.86. The van der Waals surface area contributed by atoms with E-state index >= 15 is 0 Å². The zero-order valence-corrected chi connectivity index (χ0v) is 9.60. The average molecular weight is 234 g/mol. The molecule has 1 aromatic rings. The van der Waals surface area contributed by atoms with Gasteiger partial charge in [-0.05, 0) is 35.9 Å². The number of hydrogen-bond acceptors (Lipinski definition) is 3. The summed E-state index contributed by atoms with van der Waals surface area (Å²) in [5, 5.41) is 0. The molecule has 0 heterocycles. The highest BCUT2D eigenvalue weighted by Gasteiger charge is 2.03. The van der Waals surface area contributed by atoms with Crippen molar-refractivity contribution in [1.29, 1.82) is 0 Å². The van der Waals surface area contributed by atoms with Gasteiger partial charge < -0.3 is 14.9 Å². The van der Waals surface area contributed by atoms with Gasteiger partial charge in [-0.1, -0.05) is 6.07 Å². The minimum absolute atomic E-state index is 0. The van der Waals surface area contributed by atoms with Gasteiger partial charge >= 0.3 is 0 Å². The SMILES string of the molecule is COc1ccc(CCNCl)cc1OC.O. The standard InChI is InChI=1S/C10H14ClNO2.H2O/c1-13-9-4-3-8(5-6-12-11)7-10(9)14-2;/h3-4,7,12H,5-6H2,1-2H3;1H2. The van der Waals surface area contributed by atoms with Crippen LogP contribution in [0.15, 0.2) is 18.2 Å². The Bertz CT molecular complexity index is 294. The molecule has 0 radical (unpaired) electrons. The number of methoxy groups -OCH3 is 2. The van der Waals surface area contributed by atoms with E-state index in [1.165, 1.54) is 0 Å². The molecule has 0 bridgehead atoms. The van der Waals surface area contributed by atoms with Crippen molar-refractivity contribution in [2.45, 2.75) is 6.42 Å². The predicted molar refractivity (Wildman–Crippen MR) is 60.7 cm³/mol. The van der Waals surface area contributed by atoms with Crippen molar-refractivity contribution in [2.24, 2.45) is 0 Å². The molecule has 0 aliphatic carbocycles. The number of benzene rings is 1. The van der Waals surface area contributed by atoms with Crippen LogP contribution < -0.4 is 14.3 Å². The lowest BCUT2D eigenvalue weighted by molar-refractivity contribution is 0.354. The Morgan fingerprint density at radius 1 is 1.20 bits per heavy atom. The van der Waals surface area contributed by atoms with Crippen LogP contribution in [0.3, 0.4) is 0 Å². The van der Waals surface area contributed by atoms with E-state index in [1.54, 1.807) is 14.2 Å². The van der Waals surface area contributed by atoms with Gasteiger partial charge in [-0.25, -0.2) is 4.84 Å². The third kappa shape index (κ3) is 3.95. The Morgan fingerprint density at radius 3 is 2.40 bits per heavy atom. The second kappa shape index (κ2) is 7.34. The molecule has 5 heteroatoms. The lowest BCUT2D eigenvalue weighted by atomic mass is 10.1. The van der Waals surface area contributed by atoms with Gasteiger partial charge in [0, 0.05) is 6.54 Å². The van der Waals surface area contributed by atoms with Gasteiger partial charge in [0.1, 0.15) is 0 Å². The summed E-state index contributed by atoms with van der Waals surface area (Å²) < 4.78 is 10.3. The zero-order valence-electron chi connectivity index (χ0n) is 8.84. The van der Waals surface area contributed by atoms with Crippen LogP contribution >= 0.6 is 11.8 Å². The maximum absolute atomic E-state index is 5.38. The van der Waals surface area contributed by atoms with E-state index in [9.17, 15) is 0 Å². The van der Waals surface area contributed by atoms with Crippen molar-refractivity contribution < 1.29 is 14.9 Å². The van der Waals surface area contributed by atoms with Crippen molar-refractivity contribution >= 4 is 11.8 Å². The van der Waals surface area contributed by atoms with E-state index in [4.69, 9.17) is 21.3 Å². The van der Waals surface area contributed by atoms with E-state index in [-0.39, 0.29) is 5.48 Å². The molecule has 4 nitrogen and oxygen atoms in total. The smallest absolute Gasteiger partial charge is 0.160 e. The summed E-state index contributed by atoms with van der Waals surface area (Å²) in [6.45, 7) is 0.733. The second-order valence-electron chi connectivity index (χ2n) is 2.82. The topological polar surface area (TPSA) is 62.0 Å². The lowest BCUT2D eigenvalue weighted by Crippen LogP contribution is -2.04. The van der Waals surface area contributed by atoms with Gasteiger partial charge in [0.15, 0.2) is 11.5 Å². The monoisotopic (exact) mass is 233 g/mol. The molecule has 0 aliphatic heterocycles. The van der Waals surface area contributed by atoms with Gasteiger partial charge in [-0.3, -0.25) is 0 Å². The quantitative estimate of drug-likeness (QED) is 0.777. The third-order valence-electron chi connectivity index (χ3n) is 1.96. The highest BCUT2D eigenvalue weighted by Crippen LogP contribution is 2.27. The van der Waals surface area contributed by atoms with Crippen molar-refractivity contribution in [3.05, 3.63) is 23.8 Å². The van der Waals surface area contributed by atoms with Gasteiger partial charge in [0.25, 0.3) is 0 Å². The molecule has 1 rings (SSSR count). The van der Waals surface area contributed by atoms with Crippen LogP contribution in [0.1, 0.15) is 5.56 Å². The highest BCUT2D eigenvalue weighted by molar-refractivity contribution is 6.13. The lowest BCUT2D eigenvalue weighted by Gasteiger charge is -2.08. The van der Waals surface area contributed by atoms with Gasteiger partial charge in [0.05, 0.1) is 14.2 Å². The maximum Gasteiger partial charge on any atom is 0.160 e. The zero-order chi connectivity index (χ0) is 10.4. The molecular weight excluding hydrogens is 218 g/mol. The van der Waals surface area contributed by atoms with Crippen LogP contribution in [0.4, 0.5) is 0 Å². The predicted octanol–water partition coefficient (Wildman–Crippen LogP) is 1.16. The van der Waals surface area contributed by atoms with Crippen LogP contribution in [0.5, 0.6) is 11.5 Å². The Balaban J connectivity index is 0.00000196. The molecule has 0 atom stereocenters. The molecule has 0 saturated carbocycles. The van der Waals surface area contributed by atoms with E-state index < -0.39 is 0 Å². The Labute approximate surface area is 94.6 Å². The van der Waals surface area contributed by atoms with Crippen LogP contribution in [-0.2, 0) is 6.42 Å². The highest BCUT2D eigenvalue weighted by atomic mass is 35.5. The maximum atomic E-state index is 5.38. The molecule has 86 valence electrons. The largest absolute Gasteiger partial charge is 0.493 e. The Hall–Kier alpha value is -0.970. The number of halogens is 1. The number of hydrogen-bond donors (Lipinski definition) is 1. The molecular formula is C10H16ClNO3. The first-order valence-corrected chi connectivity index (χ1v) is 4.74. The number of rotatable bonds is 5. The van der Waals surface area contributed by atoms with Crippen molar-refractivity contribution in [2.75, 3.05) is 20.8 Å². The molecule has 0 amide bonds. The molecule has 1 aromatic carbocycles. The van der Waals surface area contributed by atoms with E-state index in [1.807, 2.05) is 18.2 Å². The summed E-state index contributed by atoms with van der Waals surface area (Å²) in [7, 11) is 3.25.